The average molecular weight is 351 g/mol. The van der Waals surface area contributed by atoms with Gasteiger partial charge in [0.15, 0.2) is 0 Å². The van der Waals surface area contributed by atoms with Gasteiger partial charge in [0.2, 0.25) is 11.8 Å². The van der Waals surface area contributed by atoms with E-state index in [0.717, 1.165) is 0 Å². The lowest BCUT2D eigenvalue weighted by Gasteiger charge is -2.12. The van der Waals surface area contributed by atoms with Crippen molar-refractivity contribution in [2.45, 2.75) is 11.8 Å². The number of rotatable bonds is 6. The standard InChI is InChI=1S/C15H17N3O5S/c1-10(19)17-13-8-12(5-6-14(13)22-2)24(20,21)18-11-4-7-15(23-3)16-9-11/h4-9,18H,1-3H3,(H,17,19). The maximum absolute atomic E-state index is 12.5. The summed E-state index contributed by atoms with van der Waals surface area (Å²) in [6.45, 7) is 1.32. The quantitative estimate of drug-likeness (QED) is 0.823. The zero-order valence-electron chi connectivity index (χ0n) is 13.4. The first-order chi connectivity index (χ1) is 11.4. The average Bonchev–Trinajstić information content (AvgIpc) is 2.54. The number of benzene rings is 1. The highest BCUT2D eigenvalue weighted by atomic mass is 32.2. The van der Waals surface area contributed by atoms with E-state index in [1.807, 2.05) is 0 Å². The molecule has 0 unspecified atom stereocenters. The van der Waals surface area contributed by atoms with Crippen molar-refractivity contribution in [3.8, 4) is 11.6 Å². The molecule has 0 saturated heterocycles. The number of pyridine rings is 1. The van der Waals surface area contributed by atoms with Gasteiger partial charge in [-0.05, 0) is 24.3 Å². The number of nitrogens with zero attached hydrogens (tertiary/aromatic N) is 1. The minimum absolute atomic E-state index is 0.0251. The van der Waals surface area contributed by atoms with Crippen molar-refractivity contribution >= 4 is 27.3 Å². The molecule has 2 rings (SSSR count). The van der Waals surface area contributed by atoms with Gasteiger partial charge in [-0.1, -0.05) is 0 Å². The Morgan fingerprint density at radius 1 is 1.12 bits per heavy atom. The summed E-state index contributed by atoms with van der Waals surface area (Å²) < 4.78 is 37.4. The van der Waals surface area contributed by atoms with Crippen LogP contribution in [0.15, 0.2) is 41.4 Å². The highest BCUT2D eigenvalue weighted by Gasteiger charge is 2.17. The van der Waals surface area contributed by atoms with Crippen LogP contribution < -0.4 is 19.5 Å². The van der Waals surface area contributed by atoms with E-state index in [1.165, 1.54) is 57.7 Å². The van der Waals surface area contributed by atoms with Crippen molar-refractivity contribution in [3.63, 3.8) is 0 Å². The molecule has 0 atom stereocenters. The Bertz CT molecular complexity index is 835. The van der Waals surface area contributed by atoms with Crippen LogP contribution in [-0.2, 0) is 14.8 Å². The zero-order valence-corrected chi connectivity index (χ0v) is 14.2. The van der Waals surface area contributed by atoms with Gasteiger partial charge in [0.05, 0.1) is 36.7 Å². The lowest BCUT2D eigenvalue weighted by atomic mass is 10.3. The highest BCUT2D eigenvalue weighted by Crippen LogP contribution is 2.28. The molecule has 0 spiro atoms. The van der Waals surface area contributed by atoms with Crippen LogP contribution in [0.5, 0.6) is 11.6 Å². The fraction of sp³-hybridized carbons (Fsp3) is 0.200. The van der Waals surface area contributed by atoms with Crippen LogP contribution in [0.1, 0.15) is 6.92 Å². The summed E-state index contributed by atoms with van der Waals surface area (Å²) in [6, 6.07) is 7.23. The van der Waals surface area contributed by atoms with Gasteiger partial charge < -0.3 is 14.8 Å². The minimum atomic E-state index is -3.85. The number of carbonyl (C=O) groups excluding carboxylic acids is 1. The molecule has 0 radical (unpaired) electrons. The second-order valence-corrected chi connectivity index (χ2v) is 6.42. The van der Waals surface area contributed by atoms with Gasteiger partial charge in [0.25, 0.3) is 10.0 Å². The zero-order chi connectivity index (χ0) is 17.7. The van der Waals surface area contributed by atoms with Crippen LogP contribution >= 0.6 is 0 Å². The number of aromatic nitrogens is 1. The van der Waals surface area contributed by atoms with Crippen LogP contribution in [0.25, 0.3) is 0 Å². The van der Waals surface area contributed by atoms with E-state index < -0.39 is 10.0 Å². The molecule has 0 aliphatic rings. The number of nitrogens with one attached hydrogen (secondary N) is 2. The van der Waals surface area contributed by atoms with E-state index in [4.69, 9.17) is 9.47 Å². The van der Waals surface area contributed by atoms with Crippen LogP contribution in [-0.4, -0.2) is 33.5 Å². The molecule has 1 aromatic carbocycles. The molecule has 0 saturated carbocycles. The molecular formula is C15H17N3O5S. The predicted octanol–water partition coefficient (Wildman–Crippen LogP) is 1.86. The molecule has 2 N–H and O–H groups in total. The first-order valence-corrected chi connectivity index (χ1v) is 8.32. The van der Waals surface area contributed by atoms with E-state index in [1.54, 1.807) is 0 Å². The number of amides is 1. The smallest absolute Gasteiger partial charge is 0.262 e. The van der Waals surface area contributed by atoms with Crippen LogP contribution in [0.3, 0.4) is 0 Å². The summed E-state index contributed by atoms with van der Waals surface area (Å²) in [5, 5.41) is 2.53. The van der Waals surface area contributed by atoms with Gasteiger partial charge >= 0.3 is 0 Å². The first kappa shape index (κ1) is 17.5. The van der Waals surface area contributed by atoms with Crippen molar-refractivity contribution in [1.29, 1.82) is 0 Å². The Morgan fingerprint density at radius 3 is 2.42 bits per heavy atom. The molecule has 1 heterocycles. The molecule has 2 aromatic rings. The Morgan fingerprint density at radius 2 is 1.88 bits per heavy atom. The summed E-state index contributed by atoms with van der Waals surface area (Å²) >= 11 is 0. The highest BCUT2D eigenvalue weighted by molar-refractivity contribution is 7.92. The Kier molecular flexibility index (Phi) is 5.24. The molecule has 0 bridgehead atoms. The van der Waals surface area contributed by atoms with E-state index >= 15 is 0 Å². The molecule has 8 nitrogen and oxygen atoms in total. The second kappa shape index (κ2) is 7.18. The number of anilines is 2. The Hall–Kier alpha value is -2.81. The van der Waals surface area contributed by atoms with Gasteiger partial charge in [0, 0.05) is 13.0 Å². The van der Waals surface area contributed by atoms with Gasteiger partial charge in [0.1, 0.15) is 5.75 Å². The van der Waals surface area contributed by atoms with E-state index in [-0.39, 0.29) is 22.2 Å². The molecule has 0 aliphatic carbocycles. The molecule has 9 heteroatoms. The van der Waals surface area contributed by atoms with Crippen molar-refractivity contribution in [3.05, 3.63) is 36.5 Å². The van der Waals surface area contributed by atoms with E-state index in [0.29, 0.717) is 11.6 Å². The lowest BCUT2D eigenvalue weighted by molar-refractivity contribution is -0.114. The summed E-state index contributed by atoms with van der Waals surface area (Å²) in [4.78, 5) is 15.1. The van der Waals surface area contributed by atoms with Crippen molar-refractivity contribution in [2.24, 2.45) is 0 Å². The number of hydrogen-bond donors (Lipinski definition) is 2. The summed E-state index contributed by atoms with van der Waals surface area (Å²) in [6.07, 6.45) is 1.34. The summed E-state index contributed by atoms with van der Waals surface area (Å²) in [5.41, 5.74) is 0.549. The molecule has 1 amide bonds. The molecule has 128 valence electrons. The molecular weight excluding hydrogens is 334 g/mol. The van der Waals surface area contributed by atoms with Crippen LogP contribution in [0, 0.1) is 0 Å². The van der Waals surface area contributed by atoms with Gasteiger partial charge in [-0.3, -0.25) is 9.52 Å². The molecule has 1 aromatic heterocycles. The first-order valence-electron chi connectivity index (χ1n) is 6.84. The maximum Gasteiger partial charge on any atom is 0.262 e. The number of sulfonamides is 1. The van der Waals surface area contributed by atoms with Gasteiger partial charge in [-0.2, -0.15) is 0 Å². The number of ether oxygens (including phenoxy) is 2. The SMILES string of the molecule is COc1ccc(NS(=O)(=O)c2ccc(OC)c(NC(C)=O)c2)cn1. The van der Waals surface area contributed by atoms with Gasteiger partial charge in [-0.15, -0.1) is 0 Å². The molecule has 0 fully saturated rings. The lowest BCUT2D eigenvalue weighted by Crippen LogP contribution is -2.14. The van der Waals surface area contributed by atoms with Gasteiger partial charge in [-0.25, -0.2) is 13.4 Å². The molecule has 24 heavy (non-hydrogen) atoms. The van der Waals surface area contributed by atoms with Crippen molar-refractivity contribution in [2.75, 3.05) is 24.3 Å². The normalized spacial score (nSPS) is 10.8. The maximum atomic E-state index is 12.5. The predicted molar refractivity (Wildman–Crippen MR) is 88.9 cm³/mol. The van der Waals surface area contributed by atoms with Crippen molar-refractivity contribution in [1.82, 2.24) is 4.98 Å². The van der Waals surface area contributed by atoms with Crippen molar-refractivity contribution < 1.29 is 22.7 Å². The molecule has 0 aliphatic heterocycles. The Balaban J connectivity index is 2.32. The third-order valence-electron chi connectivity index (χ3n) is 2.99. The largest absolute Gasteiger partial charge is 0.495 e. The summed E-state index contributed by atoms with van der Waals surface area (Å²) in [7, 11) is -0.962. The second-order valence-electron chi connectivity index (χ2n) is 4.74. The summed E-state index contributed by atoms with van der Waals surface area (Å²) in [5.74, 6) is 0.390. The van der Waals surface area contributed by atoms with E-state index in [2.05, 4.69) is 15.0 Å². The Labute approximate surface area is 139 Å². The third kappa shape index (κ3) is 4.13. The topological polar surface area (TPSA) is 107 Å². The number of hydrogen-bond acceptors (Lipinski definition) is 6. The third-order valence-corrected chi connectivity index (χ3v) is 4.37. The van der Waals surface area contributed by atoms with Crippen LogP contribution in [0.4, 0.5) is 11.4 Å². The number of methoxy groups -OCH3 is 2. The fourth-order valence-electron chi connectivity index (χ4n) is 1.92. The minimum Gasteiger partial charge on any atom is -0.495 e. The monoisotopic (exact) mass is 351 g/mol. The van der Waals surface area contributed by atoms with Crippen LogP contribution in [0.2, 0.25) is 0 Å². The number of carbonyl (C=O) groups is 1. The van der Waals surface area contributed by atoms with E-state index in [9.17, 15) is 13.2 Å². The fourth-order valence-corrected chi connectivity index (χ4v) is 2.99.